The zero-order valence-corrected chi connectivity index (χ0v) is 14.4. The van der Waals surface area contributed by atoms with Crippen LogP contribution in [0.25, 0.3) is 10.9 Å². The molecule has 2 aromatic rings. The number of rotatable bonds is 6. The van der Waals surface area contributed by atoms with Gasteiger partial charge in [-0.25, -0.2) is 9.37 Å². The van der Waals surface area contributed by atoms with Gasteiger partial charge < -0.3 is 10.2 Å². The van der Waals surface area contributed by atoms with Crippen molar-refractivity contribution in [2.24, 2.45) is 5.92 Å². The Morgan fingerprint density at radius 1 is 1.36 bits per heavy atom. The first-order chi connectivity index (χ1) is 12.0. The van der Waals surface area contributed by atoms with Crippen LogP contribution in [0, 0.1) is 11.7 Å². The van der Waals surface area contributed by atoms with E-state index < -0.39 is 11.4 Å². The lowest BCUT2D eigenvalue weighted by atomic mass is 10.1. The van der Waals surface area contributed by atoms with Crippen LogP contribution in [-0.4, -0.2) is 46.5 Å². The largest absolute Gasteiger partial charge is 0.354 e. The van der Waals surface area contributed by atoms with Gasteiger partial charge in [0.15, 0.2) is 0 Å². The van der Waals surface area contributed by atoms with Gasteiger partial charge >= 0.3 is 0 Å². The van der Waals surface area contributed by atoms with E-state index in [-0.39, 0.29) is 17.8 Å². The quantitative estimate of drug-likeness (QED) is 0.858. The maximum atomic E-state index is 13.3. The first-order valence-corrected chi connectivity index (χ1v) is 8.66. The van der Waals surface area contributed by atoms with E-state index in [1.165, 1.54) is 35.9 Å². The van der Waals surface area contributed by atoms with Crippen LogP contribution in [0.1, 0.15) is 19.8 Å². The number of benzene rings is 1. The van der Waals surface area contributed by atoms with Crippen molar-refractivity contribution >= 4 is 16.8 Å². The van der Waals surface area contributed by atoms with Crippen LogP contribution in [0.5, 0.6) is 0 Å². The monoisotopic (exact) mass is 346 g/mol. The number of nitrogens with one attached hydrogen (secondary N) is 1. The summed E-state index contributed by atoms with van der Waals surface area (Å²) < 4.78 is 14.5. The highest BCUT2D eigenvalue weighted by molar-refractivity contribution is 5.78. The Balaban J connectivity index is 1.58. The molecule has 0 aliphatic carbocycles. The normalized spacial score (nSPS) is 16.2. The fraction of sp³-hybridized carbons (Fsp3) is 0.500. The molecule has 1 aromatic heterocycles. The average Bonchev–Trinajstić information content (AvgIpc) is 3.09. The minimum Gasteiger partial charge on any atom is -0.354 e. The highest BCUT2D eigenvalue weighted by atomic mass is 19.1. The van der Waals surface area contributed by atoms with Gasteiger partial charge in [-0.05, 0) is 50.0 Å². The van der Waals surface area contributed by atoms with E-state index in [1.807, 2.05) is 0 Å². The van der Waals surface area contributed by atoms with Crippen LogP contribution in [0.4, 0.5) is 4.39 Å². The van der Waals surface area contributed by atoms with Crippen LogP contribution in [0.2, 0.25) is 0 Å². The van der Waals surface area contributed by atoms with Crippen molar-refractivity contribution in [3.8, 4) is 0 Å². The SMILES string of the molecule is CC(CNC(=O)Cn1cnc2ccc(F)cc2c1=O)CN1CCCC1. The van der Waals surface area contributed by atoms with Crippen molar-refractivity contribution in [3.05, 3.63) is 40.7 Å². The average molecular weight is 346 g/mol. The fourth-order valence-electron chi connectivity index (χ4n) is 3.21. The number of nitrogens with zero attached hydrogens (tertiary/aromatic N) is 3. The first kappa shape index (κ1) is 17.5. The van der Waals surface area contributed by atoms with Crippen LogP contribution in [0.3, 0.4) is 0 Å². The van der Waals surface area contributed by atoms with E-state index in [4.69, 9.17) is 0 Å². The molecule has 1 saturated heterocycles. The topological polar surface area (TPSA) is 67.2 Å². The van der Waals surface area contributed by atoms with E-state index >= 15 is 0 Å². The highest BCUT2D eigenvalue weighted by Gasteiger charge is 2.15. The van der Waals surface area contributed by atoms with Crippen molar-refractivity contribution in [3.63, 3.8) is 0 Å². The zero-order chi connectivity index (χ0) is 17.8. The molecule has 0 bridgehead atoms. The molecule has 25 heavy (non-hydrogen) atoms. The number of hydrogen-bond acceptors (Lipinski definition) is 4. The van der Waals surface area contributed by atoms with E-state index in [0.717, 1.165) is 25.7 Å². The molecular formula is C18H23FN4O2. The van der Waals surface area contributed by atoms with E-state index in [1.54, 1.807) is 0 Å². The molecule has 1 N–H and O–H groups in total. The molecule has 7 heteroatoms. The number of carbonyl (C=O) groups excluding carboxylic acids is 1. The summed E-state index contributed by atoms with van der Waals surface area (Å²) in [5, 5.41) is 3.04. The summed E-state index contributed by atoms with van der Waals surface area (Å²) >= 11 is 0. The molecule has 1 unspecified atom stereocenters. The smallest absolute Gasteiger partial charge is 0.261 e. The van der Waals surface area contributed by atoms with Crippen molar-refractivity contribution in [2.45, 2.75) is 26.3 Å². The van der Waals surface area contributed by atoms with E-state index in [0.29, 0.717) is 18.0 Å². The summed E-state index contributed by atoms with van der Waals surface area (Å²) in [6.45, 7) is 5.79. The molecule has 0 radical (unpaired) electrons. The van der Waals surface area contributed by atoms with Gasteiger partial charge in [-0.1, -0.05) is 6.92 Å². The second kappa shape index (κ2) is 7.74. The molecule has 1 amide bonds. The molecular weight excluding hydrogens is 323 g/mol. The summed E-state index contributed by atoms with van der Waals surface area (Å²) in [4.78, 5) is 31.0. The minimum absolute atomic E-state index is 0.116. The Kier molecular flexibility index (Phi) is 5.43. The number of halogens is 1. The van der Waals surface area contributed by atoms with Crippen molar-refractivity contribution in [2.75, 3.05) is 26.2 Å². The van der Waals surface area contributed by atoms with Crippen LogP contribution in [0.15, 0.2) is 29.3 Å². The second-order valence-electron chi connectivity index (χ2n) is 6.76. The fourth-order valence-corrected chi connectivity index (χ4v) is 3.21. The third-order valence-corrected chi connectivity index (χ3v) is 4.52. The van der Waals surface area contributed by atoms with Gasteiger partial charge in [0.1, 0.15) is 12.4 Å². The molecule has 3 rings (SSSR count). The molecule has 1 aliphatic heterocycles. The molecule has 1 atom stereocenters. The number of fused-ring (bicyclic) bond motifs is 1. The number of aromatic nitrogens is 2. The molecule has 134 valence electrons. The summed E-state index contributed by atoms with van der Waals surface area (Å²) in [6.07, 6.45) is 3.82. The van der Waals surface area contributed by atoms with Gasteiger partial charge in [0.25, 0.3) is 5.56 Å². The third-order valence-electron chi connectivity index (χ3n) is 4.52. The third kappa shape index (κ3) is 4.42. The lowest BCUT2D eigenvalue weighted by molar-refractivity contribution is -0.121. The molecule has 0 spiro atoms. The Labute approximate surface area is 145 Å². The van der Waals surface area contributed by atoms with Crippen molar-refractivity contribution in [1.29, 1.82) is 0 Å². The minimum atomic E-state index is -0.496. The number of carbonyl (C=O) groups is 1. The lowest BCUT2D eigenvalue weighted by Gasteiger charge is -2.20. The van der Waals surface area contributed by atoms with E-state index in [9.17, 15) is 14.0 Å². The second-order valence-corrected chi connectivity index (χ2v) is 6.76. The van der Waals surface area contributed by atoms with Crippen molar-refractivity contribution in [1.82, 2.24) is 19.8 Å². The molecule has 1 aliphatic rings. The Hall–Kier alpha value is -2.28. The maximum Gasteiger partial charge on any atom is 0.261 e. The summed E-state index contributed by atoms with van der Waals surface area (Å²) in [5.74, 6) is -0.389. The summed E-state index contributed by atoms with van der Waals surface area (Å²) in [7, 11) is 0. The Bertz CT molecular complexity index is 814. The predicted molar refractivity (Wildman–Crippen MR) is 93.8 cm³/mol. The number of amides is 1. The molecule has 1 fully saturated rings. The zero-order valence-electron chi connectivity index (χ0n) is 14.4. The molecule has 6 nitrogen and oxygen atoms in total. The highest BCUT2D eigenvalue weighted by Crippen LogP contribution is 2.10. The predicted octanol–water partition coefficient (Wildman–Crippen LogP) is 1.38. The lowest BCUT2D eigenvalue weighted by Crippen LogP contribution is -2.37. The van der Waals surface area contributed by atoms with Crippen LogP contribution < -0.4 is 10.9 Å². The van der Waals surface area contributed by atoms with Crippen LogP contribution >= 0.6 is 0 Å². The Morgan fingerprint density at radius 2 is 2.12 bits per heavy atom. The van der Waals surface area contributed by atoms with Gasteiger partial charge in [-0.2, -0.15) is 0 Å². The molecule has 0 saturated carbocycles. The van der Waals surface area contributed by atoms with Gasteiger partial charge in [-0.3, -0.25) is 14.2 Å². The van der Waals surface area contributed by atoms with Gasteiger partial charge in [0.05, 0.1) is 17.2 Å². The standard InChI is InChI=1S/C18H23FN4O2/c1-13(10-22-6-2-3-7-22)9-20-17(24)11-23-12-21-16-5-4-14(19)8-15(16)18(23)25/h4-5,8,12-13H,2-3,6-7,9-11H2,1H3,(H,20,24). The van der Waals surface area contributed by atoms with Gasteiger partial charge in [0.2, 0.25) is 5.91 Å². The van der Waals surface area contributed by atoms with Crippen LogP contribution in [-0.2, 0) is 11.3 Å². The number of likely N-dealkylation sites (tertiary alicyclic amines) is 1. The van der Waals surface area contributed by atoms with Crippen molar-refractivity contribution < 1.29 is 9.18 Å². The maximum absolute atomic E-state index is 13.3. The number of hydrogen-bond donors (Lipinski definition) is 1. The first-order valence-electron chi connectivity index (χ1n) is 8.66. The van der Waals surface area contributed by atoms with Gasteiger partial charge in [0, 0.05) is 13.1 Å². The summed E-state index contributed by atoms with van der Waals surface area (Å²) in [6, 6.07) is 3.86. The van der Waals surface area contributed by atoms with E-state index in [2.05, 4.69) is 22.1 Å². The van der Waals surface area contributed by atoms with Gasteiger partial charge in [-0.15, -0.1) is 0 Å². The molecule has 2 heterocycles. The molecule has 1 aromatic carbocycles. The Morgan fingerprint density at radius 3 is 2.88 bits per heavy atom. The summed E-state index contributed by atoms with van der Waals surface area (Å²) in [5.41, 5.74) is 0.00654.